The minimum atomic E-state index is 0.198. The van der Waals surface area contributed by atoms with Gasteiger partial charge in [0.05, 0.1) is 12.6 Å². The van der Waals surface area contributed by atoms with Gasteiger partial charge in [-0.15, -0.1) is 11.3 Å². The molecule has 0 aliphatic carbocycles. The molecule has 0 spiro atoms. The molecule has 0 bridgehead atoms. The number of thiophene rings is 1. The number of aryl methyl sites for hydroxylation is 1. The van der Waals surface area contributed by atoms with Crippen LogP contribution in [0.5, 0.6) is 5.75 Å². The highest BCUT2D eigenvalue weighted by Gasteiger charge is 2.25. The van der Waals surface area contributed by atoms with Gasteiger partial charge < -0.3 is 10.1 Å². The van der Waals surface area contributed by atoms with E-state index in [-0.39, 0.29) is 6.04 Å². The van der Waals surface area contributed by atoms with Gasteiger partial charge in [-0.2, -0.15) is 0 Å². The number of rotatable bonds is 3. The lowest BCUT2D eigenvalue weighted by Gasteiger charge is -2.19. The van der Waals surface area contributed by atoms with Gasteiger partial charge in [0, 0.05) is 21.3 Å². The highest BCUT2D eigenvalue weighted by molar-refractivity contribution is 9.10. The summed E-state index contributed by atoms with van der Waals surface area (Å²) >= 11 is 5.41. The molecule has 1 aromatic heterocycles. The molecule has 1 aliphatic rings. The van der Waals surface area contributed by atoms with Crippen LogP contribution in [0.4, 0.5) is 0 Å². The van der Waals surface area contributed by atoms with Crippen LogP contribution in [0.15, 0.2) is 28.1 Å². The Kier molecular flexibility index (Phi) is 3.65. The molecule has 1 atom stereocenters. The van der Waals surface area contributed by atoms with Gasteiger partial charge in [0.25, 0.3) is 0 Å². The van der Waals surface area contributed by atoms with Crippen LogP contribution in [0.25, 0.3) is 0 Å². The average molecular weight is 338 g/mol. The highest BCUT2D eigenvalue weighted by atomic mass is 79.9. The van der Waals surface area contributed by atoms with E-state index in [9.17, 15) is 0 Å². The molecule has 3 rings (SSSR count). The molecule has 4 heteroatoms. The maximum absolute atomic E-state index is 5.85. The SMILES string of the molecule is CNC(c1cc(Br)cc2c1OCC2)c1sccc1C. The Morgan fingerprint density at radius 3 is 2.95 bits per heavy atom. The Hall–Kier alpha value is -0.840. The maximum Gasteiger partial charge on any atom is 0.127 e. The minimum absolute atomic E-state index is 0.198. The van der Waals surface area contributed by atoms with Gasteiger partial charge in [0.1, 0.15) is 5.75 Å². The molecule has 0 radical (unpaired) electrons. The Morgan fingerprint density at radius 1 is 1.42 bits per heavy atom. The summed E-state index contributed by atoms with van der Waals surface area (Å²) < 4.78 is 6.98. The van der Waals surface area contributed by atoms with Crippen molar-refractivity contribution in [2.24, 2.45) is 0 Å². The van der Waals surface area contributed by atoms with Crippen LogP contribution < -0.4 is 10.1 Å². The molecule has 0 amide bonds. The average Bonchev–Trinajstić information content (AvgIpc) is 2.99. The molecule has 0 fully saturated rings. The first kappa shape index (κ1) is 13.2. The van der Waals surface area contributed by atoms with Crippen molar-refractivity contribution >= 4 is 27.3 Å². The van der Waals surface area contributed by atoms with Crippen molar-refractivity contribution < 1.29 is 4.74 Å². The first-order valence-corrected chi connectivity index (χ1v) is 8.04. The zero-order chi connectivity index (χ0) is 13.4. The predicted molar refractivity (Wildman–Crippen MR) is 83.3 cm³/mol. The smallest absolute Gasteiger partial charge is 0.127 e. The van der Waals surface area contributed by atoms with Crippen molar-refractivity contribution in [1.29, 1.82) is 0 Å². The van der Waals surface area contributed by atoms with Crippen molar-refractivity contribution in [2.45, 2.75) is 19.4 Å². The first-order chi connectivity index (χ1) is 9.20. The summed E-state index contributed by atoms with van der Waals surface area (Å²) in [6.45, 7) is 2.95. The van der Waals surface area contributed by atoms with E-state index in [1.807, 2.05) is 7.05 Å². The summed E-state index contributed by atoms with van der Waals surface area (Å²) in [6.07, 6.45) is 1.00. The molecule has 2 nitrogen and oxygen atoms in total. The number of fused-ring (bicyclic) bond motifs is 1. The van der Waals surface area contributed by atoms with Gasteiger partial charge in [0.2, 0.25) is 0 Å². The van der Waals surface area contributed by atoms with E-state index in [0.717, 1.165) is 23.2 Å². The number of hydrogen-bond donors (Lipinski definition) is 1. The third-order valence-electron chi connectivity index (χ3n) is 3.54. The van der Waals surface area contributed by atoms with Gasteiger partial charge in [-0.25, -0.2) is 0 Å². The first-order valence-electron chi connectivity index (χ1n) is 6.37. The summed E-state index contributed by atoms with van der Waals surface area (Å²) in [4.78, 5) is 1.36. The second-order valence-corrected chi connectivity index (χ2v) is 6.63. The van der Waals surface area contributed by atoms with Crippen LogP contribution in [0.3, 0.4) is 0 Å². The van der Waals surface area contributed by atoms with Crippen LogP contribution in [-0.2, 0) is 6.42 Å². The van der Waals surface area contributed by atoms with E-state index in [0.29, 0.717) is 0 Å². The van der Waals surface area contributed by atoms with Gasteiger partial charge in [-0.05, 0) is 48.7 Å². The lowest BCUT2D eigenvalue weighted by Crippen LogP contribution is -2.18. The summed E-state index contributed by atoms with van der Waals surface area (Å²) in [5.41, 5.74) is 3.87. The third kappa shape index (κ3) is 2.33. The van der Waals surface area contributed by atoms with Crippen LogP contribution in [0.2, 0.25) is 0 Å². The highest BCUT2D eigenvalue weighted by Crippen LogP contribution is 2.40. The van der Waals surface area contributed by atoms with Gasteiger partial charge in [-0.1, -0.05) is 15.9 Å². The molecule has 1 aliphatic heterocycles. The van der Waals surface area contributed by atoms with Crippen LogP contribution in [-0.4, -0.2) is 13.7 Å². The Labute approximate surface area is 125 Å². The Bertz CT molecular complexity index is 608. The zero-order valence-electron chi connectivity index (χ0n) is 11.0. The number of hydrogen-bond acceptors (Lipinski definition) is 3. The standard InChI is InChI=1S/C15H16BrNOS/c1-9-4-6-19-15(9)13(17-2)12-8-11(16)7-10-3-5-18-14(10)12/h4,6-8,13,17H,3,5H2,1-2H3. The van der Waals surface area contributed by atoms with Crippen molar-refractivity contribution in [3.63, 3.8) is 0 Å². The van der Waals surface area contributed by atoms with Crippen molar-refractivity contribution in [3.8, 4) is 5.75 Å². The third-order valence-corrected chi connectivity index (χ3v) is 5.08. The normalized spacial score (nSPS) is 15.1. The molecule has 100 valence electrons. The lowest BCUT2D eigenvalue weighted by molar-refractivity contribution is 0.351. The fraction of sp³-hybridized carbons (Fsp3) is 0.333. The molecule has 0 saturated carbocycles. The molecule has 1 N–H and O–H groups in total. The van der Waals surface area contributed by atoms with Gasteiger partial charge >= 0.3 is 0 Å². The number of halogens is 1. The van der Waals surface area contributed by atoms with E-state index < -0.39 is 0 Å². The quantitative estimate of drug-likeness (QED) is 0.911. The Morgan fingerprint density at radius 2 is 2.26 bits per heavy atom. The van der Waals surface area contributed by atoms with Crippen LogP contribution >= 0.6 is 27.3 Å². The molecule has 0 saturated heterocycles. The fourth-order valence-electron chi connectivity index (χ4n) is 2.62. The minimum Gasteiger partial charge on any atom is -0.493 e. The van der Waals surface area contributed by atoms with Gasteiger partial charge in [-0.3, -0.25) is 0 Å². The van der Waals surface area contributed by atoms with E-state index in [1.165, 1.54) is 21.6 Å². The van der Waals surface area contributed by atoms with Crippen LogP contribution in [0, 0.1) is 6.92 Å². The molecule has 1 aromatic carbocycles. The monoisotopic (exact) mass is 337 g/mol. The zero-order valence-corrected chi connectivity index (χ0v) is 13.4. The van der Waals surface area contributed by atoms with Gasteiger partial charge in [0.15, 0.2) is 0 Å². The van der Waals surface area contributed by atoms with Crippen molar-refractivity contribution in [3.05, 3.63) is 49.6 Å². The van der Waals surface area contributed by atoms with E-state index in [1.54, 1.807) is 11.3 Å². The predicted octanol–water partition coefficient (Wildman–Crippen LogP) is 4.06. The fourth-order valence-corrected chi connectivity index (χ4v) is 4.20. The number of benzene rings is 1. The second-order valence-electron chi connectivity index (χ2n) is 4.77. The van der Waals surface area contributed by atoms with Crippen molar-refractivity contribution in [2.75, 3.05) is 13.7 Å². The number of nitrogens with one attached hydrogen (secondary N) is 1. The number of ether oxygens (including phenoxy) is 1. The summed E-state index contributed by atoms with van der Waals surface area (Å²) in [5, 5.41) is 5.58. The molecule has 19 heavy (non-hydrogen) atoms. The molecule has 2 heterocycles. The molecular weight excluding hydrogens is 322 g/mol. The topological polar surface area (TPSA) is 21.3 Å². The lowest BCUT2D eigenvalue weighted by atomic mass is 9.99. The van der Waals surface area contributed by atoms with E-state index in [4.69, 9.17) is 4.74 Å². The summed E-state index contributed by atoms with van der Waals surface area (Å²) in [7, 11) is 2.01. The Balaban J connectivity index is 2.12. The van der Waals surface area contributed by atoms with Crippen molar-refractivity contribution in [1.82, 2.24) is 5.32 Å². The molecule has 1 unspecified atom stereocenters. The maximum atomic E-state index is 5.85. The summed E-state index contributed by atoms with van der Waals surface area (Å²) in [6, 6.07) is 6.71. The summed E-state index contributed by atoms with van der Waals surface area (Å²) in [5.74, 6) is 1.07. The second kappa shape index (κ2) is 5.27. The van der Waals surface area contributed by atoms with Crippen LogP contribution in [0.1, 0.15) is 27.6 Å². The molecule has 2 aromatic rings. The largest absolute Gasteiger partial charge is 0.493 e. The van der Waals surface area contributed by atoms with E-state index >= 15 is 0 Å². The van der Waals surface area contributed by atoms with E-state index in [2.05, 4.69) is 51.7 Å². The molecular formula is C15H16BrNOS.